The number of rotatable bonds is 6. The Morgan fingerprint density at radius 2 is 2.11 bits per heavy atom. The summed E-state index contributed by atoms with van der Waals surface area (Å²) in [6.07, 6.45) is -0.185. The van der Waals surface area contributed by atoms with Gasteiger partial charge in [-0.1, -0.05) is 12.1 Å². The van der Waals surface area contributed by atoms with Gasteiger partial charge in [-0.3, -0.25) is 4.79 Å². The largest absolute Gasteiger partial charge is 0.493 e. The fourth-order valence-corrected chi connectivity index (χ4v) is 1.52. The Labute approximate surface area is 108 Å². The molecule has 1 aromatic rings. The first-order chi connectivity index (χ1) is 8.49. The highest BCUT2D eigenvalue weighted by Gasteiger charge is 2.05. The Kier molecular flexibility index (Phi) is 5.65. The highest BCUT2D eigenvalue weighted by atomic mass is 16.5. The summed E-state index contributed by atoms with van der Waals surface area (Å²) >= 11 is 0. The summed E-state index contributed by atoms with van der Waals surface area (Å²) in [4.78, 5) is 11.4. The number of hydrogen-bond donors (Lipinski definition) is 2. The molecule has 1 atom stereocenters. The molecule has 0 fully saturated rings. The van der Waals surface area contributed by atoms with Crippen LogP contribution in [0.1, 0.15) is 38.9 Å². The molecular formula is C14H21NO3. The Hall–Kier alpha value is -1.55. The van der Waals surface area contributed by atoms with E-state index in [0.717, 1.165) is 5.56 Å². The van der Waals surface area contributed by atoms with Crippen LogP contribution < -0.4 is 10.1 Å². The maximum absolute atomic E-state index is 11.4. The molecule has 0 saturated heterocycles. The molecule has 0 aliphatic carbocycles. The van der Waals surface area contributed by atoms with Crippen molar-refractivity contribution in [3.8, 4) is 5.75 Å². The van der Waals surface area contributed by atoms with Crippen molar-refractivity contribution in [2.24, 2.45) is 0 Å². The van der Waals surface area contributed by atoms with Gasteiger partial charge in [-0.05, 0) is 38.5 Å². The van der Waals surface area contributed by atoms with Crippen molar-refractivity contribution in [2.75, 3.05) is 6.61 Å². The zero-order valence-corrected chi connectivity index (χ0v) is 11.1. The molecule has 0 aliphatic heterocycles. The van der Waals surface area contributed by atoms with Crippen molar-refractivity contribution >= 4 is 5.91 Å². The van der Waals surface area contributed by atoms with E-state index in [0.29, 0.717) is 18.8 Å². The second-order valence-corrected chi connectivity index (χ2v) is 4.57. The number of benzene rings is 1. The number of aliphatic hydroxyl groups is 1. The van der Waals surface area contributed by atoms with Crippen LogP contribution in [0.3, 0.4) is 0 Å². The van der Waals surface area contributed by atoms with Gasteiger partial charge in [0.15, 0.2) is 0 Å². The molecule has 4 nitrogen and oxygen atoms in total. The predicted molar refractivity (Wildman–Crippen MR) is 70.5 cm³/mol. The number of nitrogens with one attached hydrogen (secondary N) is 1. The van der Waals surface area contributed by atoms with E-state index >= 15 is 0 Å². The monoisotopic (exact) mass is 251 g/mol. The minimum Gasteiger partial charge on any atom is -0.493 e. The minimum absolute atomic E-state index is 0.0170. The molecule has 0 unspecified atom stereocenters. The topological polar surface area (TPSA) is 58.6 Å². The fraction of sp³-hybridized carbons (Fsp3) is 0.500. The fourth-order valence-electron chi connectivity index (χ4n) is 1.52. The van der Waals surface area contributed by atoms with Gasteiger partial charge in [0.05, 0.1) is 19.1 Å². The summed E-state index contributed by atoms with van der Waals surface area (Å²) in [6, 6.07) is 7.40. The summed E-state index contributed by atoms with van der Waals surface area (Å²) in [5.41, 5.74) is 0.805. The van der Waals surface area contributed by atoms with Crippen molar-refractivity contribution in [3.05, 3.63) is 29.8 Å². The first kappa shape index (κ1) is 14.5. The second-order valence-electron chi connectivity index (χ2n) is 4.57. The summed E-state index contributed by atoms with van der Waals surface area (Å²) in [5, 5.41) is 12.2. The standard InChI is InChI=1S/C14H21NO3/c1-10(2)15-14(17)7-8-18-13-6-4-5-12(9-13)11(3)16/h4-6,9-11,16H,7-8H2,1-3H3,(H,15,17)/t11-/m0/s1. The number of carbonyl (C=O) groups excluding carboxylic acids is 1. The number of hydrogen-bond acceptors (Lipinski definition) is 3. The lowest BCUT2D eigenvalue weighted by atomic mass is 10.1. The second kappa shape index (κ2) is 7.01. The van der Waals surface area contributed by atoms with E-state index in [2.05, 4.69) is 5.32 Å². The van der Waals surface area contributed by atoms with Crippen LogP contribution in [-0.4, -0.2) is 23.7 Å². The zero-order chi connectivity index (χ0) is 13.5. The Balaban J connectivity index is 2.39. The molecule has 0 aromatic heterocycles. The van der Waals surface area contributed by atoms with Crippen LogP contribution in [0.25, 0.3) is 0 Å². The average Bonchev–Trinajstić information content (AvgIpc) is 2.28. The van der Waals surface area contributed by atoms with E-state index in [9.17, 15) is 9.90 Å². The number of aliphatic hydroxyl groups excluding tert-OH is 1. The Bertz CT molecular complexity index is 388. The van der Waals surface area contributed by atoms with Crippen LogP contribution in [0.2, 0.25) is 0 Å². The van der Waals surface area contributed by atoms with Crippen molar-refractivity contribution in [3.63, 3.8) is 0 Å². The number of carbonyl (C=O) groups is 1. The van der Waals surface area contributed by atoms with Gasteiger partial charge in [0.2, 0.25) is 5.91 Å². The predicted octanol–water partition coefficient (Wildman–Crippen LogP) is 2.03. The van der Waals surface area contributed by atoms with Crippen molar-refractivity contribution < 1.29 is 14.6 Å². The molecule has 0 spiro atoms. The van der Waals surface area contributed by atoms with Crippen LogP contribution in [0.5, 0.6) is 5.75 Å². The summed E-state index contributed by atoms with van der Waals surface area (Å²) in [6.45, 7) is 5.88. The SMILES string of the molecule is CC(C)NC(=O)CCOc1cccc([C@H](C)O)c1. The Morgan fingerprint density at radius 1 is 1.39 bits per heavy atom. The van der Waals surface area contributed by atoms with Gasteiger partial charge < -0.3 is 15.2 Å². The maximum Gasteiger partial charge on any atom is 0.223 e. The molecular weight excluding hydrogens is 230 g/mol. The van der Waals surface area contributed by atoms with E-state index in [1.807, 2.05) is 32.0 Å². The van der Waals surface area contributed by atoms with Crippen LogP contribution in [0.15, 0.2) is 24.3 Å². The van der Waals surface area contributed by atoms with Crippen LogP contribution >= 0.6 is 0 Å². The normalized spacial score (nSPS) is 12.3. The lowest BCUT2D eigenvalue weighted by Gasteiger charge is -2.11. The van der Waals surface area contributed by atoms with Gasteiger partial charge in [-0.2, -0.15) is 0 Å². The van der Waals surface area contributed by atoms with Gasteiger partial charge in [0, 0.05) is 6.04 Å². The molecule has 18 heavy (non-hydrogen) atoms. The molecule has 0 aliphatic rings. The molecule has 1 rings (SSSR count). The first-order valence-corrected chi connectivity index (χ1v) is 6.19. The van der Waals surface area contributed by atoms with Gasteiger partial charge in [-0.25, -0.2) is 0 Å². The van der Waals surface area contributed by atoms with E-state index in [1.165, 1.54) is 0 Å². The quantitative estimate of drug-likeness (QED) is 0.813. The summed E-state index contributed by atoms with van der Waals surface area (Å²) < 4.78 is 5.48. The Morgan fingerprint density at radius 3 is 2.72 bits per heavy atom. The number of ether oxygens (including phenoxy) is 1. The van der Waals surface area contributed by atoms with Crippen molar-refractivity contribution in [1.82, 2.24) is 5.32 Å². The summed E-state index contributed by atoms with van der Waals surface area (Å²) in [7, 11) is 0. The molecule has 4 heteroatoms. The van der Waals surface area contributed by atoms with Gasteiger partial charge in [-0.15, -0.1) is 0 Å². The molecule has 1 amide bonds. The highest BCUT2D eigenvalue weighted by molar-refractivity contribution is 5.76. The lowest BCUT2D eigenvalue weighted by molar-refractivity contribution is -0.122. The van der Waals surface area contributed by atoms with E-state index in [1.54, 1.807) is 13.0 Å². The third kappa shape index (κ3) is 5.19. The molecule has 0 bridgehead atoms. The third-order valence-electron chi connectivity index (χ3n) is 2.39. The van der Waals surface area contributed by atoms with Gasteiger partial charge >= 0.3 is 0 Å². The van der Waals surface area contributed by atoms with Gasteiger partial charge in [0.1, 0.15) is 5.75 Å². The average molecular weight is 251 g/mol. The lowest BCUT2D eigenvalue weighted by Crippen LogP contribution is -2.31. The van der Waals surface area contributed by atoms with Gasteiger partial charge in [0.25, 0.3) is 0 Å². The molecule has 0 radical (unpaired) electrons. The molecule has 2 N–H and O–H groups in total. The number of amides is 1. The van der Waals surface area contributed by atoms with E-state index in [4.69, 9.17) is 4.74 Å². The summed E-state index contributed by atoms with van der Waals surface area (Å²) in [5.74, 6) is 0.655. The first-order valence-electron chi connectivity index (χ1n) is 6.19. The zero-order valence-electron chi connectivity index (χ0n) is 11.1. The van der Waals surface area contributed by atoms with Crippen LogP contribution in [-0.2, 0) is 4.79 Å². The maximum atomic E-state index is 11.4. The third-order valence-corrected chi connectivity index (χ3v) is 2.39. The smallest absolute Gasteiger partial charge is 0.223 e. The molecule has 1 aromatic carbocycles. The van der Waals surface area contributed by atoms with Crippen LogP contribution in [0.4, 0.5) is 0 Å². The minimum atomic E-state index is -0.516. The van der Waals surface area contributed by atoms with E-state index < -0.39 is 6.10 Å². The van der Waals surface area contributed by atoms with Crippen LogP contribution in [0, 0.1) is 0 Å². The van der Waals surface area contributed by atoms with Crippen molar-refractivity contribution in [2.45, 2.75) is 39.3 Å². The van der Waals surface area contributed by atoms with E-state index in [-0.39, 0.29) is 11.9 Å². The molecule has 0 saturated carbocycles. The highest BCUT2D eigenvalue weighted by Crippen LogP contribution is 2.18. The van der Waals surface area contributed by atoms with Crippen molar-refractivity contribution in [1.29, 1.82) is 0 Å². The molecule has 100 valence electrons. The molecule has 0 heterocycles.